The minimum atomic E-state index is -4.75. The Kier molecular flexibility index (Phi) is 4.64. The van der Waals surface area contributed by atoms with Gasteiger partial charge in [-0.2, -0.15) is 21.6 Å². The number of methoxy groups -OCH3 is 2. The predicted molar refractivity (Wildman–Crippen MR) is 58.7 cm³/mol. The number of rotatable bonds is 5. The summed E-state index contributed by atoms with van der Waals surface area (Å²) in [7, 11) is -2.12. The Hall–Kier alpha value is -1.48. The van der Waals surface area contributed by atoms with Gasteiger partial charge in [-0.15, -0.1) is 0 Å². The van der Waals surface area contributed by atoms with E-state index in [4.69, 9.17) is 9.47 Å². The van der Waals surface area contributed by atoms with E-state index in [0.29, 0.717) is 0 Å². The van der Waals surface area contributed by atoms with Crippen molar-refractivity contribution in [2.24, 2.45) is 0 Å². The minimum Gasteiger partial charge on any atom is -0.497 e. The van der Waals surface area contributed by atoms with Crippen LogP contribution in [0.4, 0.5) is 13.2 Å². The van der Waals surface area contributed by atoms with Gasteiger partial charge in [0.2, 0.25) is 0 Å². The number of hydrogen-bond donors (Lipinski definition) is 0. The van der Waals surface area contributed by atoms with Crippen molar-refractivity contribution in [2.45, 2.75) is 11.1 Å². The van der Waals surface area contributed by atoms with Gasteiger partial charge in [-0.1, -0.05) is 0 Å². The van der Waals surface area contributed by atoms with Gasteiger partial charge in [0.15, 0.2) is 6.61 Å². The summed E-state index contributed by atoms with van der Waals surface area (Å²) < 4.78 is 72.8. The van der Waals surface area contributed by atoms with Gasteiger partial charge in [-0.25, -0.2) is 0 Å². The maximum Gasteiger partial charge on any atom is 0.413 e. The van der Waals surface area contributed by atoms with Gasteiger partial charge in [-0.05, 0) is 12.1 Å². The number of ether oxygens (including phenoxy) is 2. The van der Waals surface area contributed by atoms with Crippen LogP contribution in [0.25, 0.3) is 0 Å². The van der Waals surface area contributed by atoms with Crippen LogP contribution >= 0.6 is 0 Å². The molecule has 0 spiro atoms. The largest absolute Gasteiger partial charge is 0.497 e. The first kappa shape index (κ1) is 15.6. The Morgan fingerprint density at radius 1 is 1.16 bits per heavy atom. The molecule has 0 aliphatic carbocycles. The molecule has 0 N–H and O–H groups in total. The molecular weight excluding hydrogens is 289 g/mol. The molecule has 1 rings (SSSR count). The normalized spacial score (nSPS) is 12.3. The third-order valence-corrected chi connectivity index (χ3v) is 3.30. The van der Waals surface area contributed by atoms with E-state index in [-0.39, 0.29) is 11.5 Å². The molecule has 0 radical (unpaired) electrons. The lowest BCUT2D eigenvalue weighted by atomic mass is 10.3. The molecule has 108 valence electrons. The quantitative estimate of drug-likeness (QED) is 0.778. The van der Waals surface area contributed by atoms with Crippen molar-refractivity contribution in [3.63, 3.8) is 0 Å². The molecule has 1 aromatic carbocycles. The number of halogens is 3. The fraction of sp³-hybridized carbons (Fsp3) is 0.400. The van der Waals surface area contributed by atoms with Crippen LogP contribution in [-0.2, 0) is 14.3 Å². The predicted octanol–water partition coefficient (Wildman–Crippen LogP) is 1.97. The first-order valence-electron chi connectivity index (χ1n) is 4.88. The first-order chi connectivity index (χ1) is 8.69. The summed E-state index contributed by atoms with van der Waals surface area (Å²) in [6, 6.07) is 3.68. The SMILES string of the molecule is COc1ccc(OC)c(S(=O)(=O)OCC(F)(F)F)c1. The monoisotopic (exact) mass is 300 g/mol. The summed E-state index contributed by atoms with van der Waals surface area (Å²) in [6.07, 6.45) is -4.75. The summed E-state index contributed by atoms with van der Waals surface area (Å²) in [6.45, 7) is -1.91. The van der Waals surface area contributed by atoms with Gasteiger partial charge in [0.05, 0.1) is 14.2 Å². The highest BCUT2D eigenvalue weighted by Gasteiger charge is 2.32. The van der Waals surface area contributed by atoms with E-state index >= 15 is 0 Å². The van der Waals surface area contributed by atoms with Crippen LogP contribution in [0.3, 0.4) is 0 Å². The number of alkyl halides is 3. The number of benzene rings is 1. The van der Waals surface area contributed by atoms with E-state index in [2.05, 4.69) is 4.18 Å². The molecule has 0 unspecified atom stereocenters. The summed E-state index contributed by atoms with van der Waals surface area (Å²) >= 11 is 0. The Labute approximate surface area is 108 Å². The van der Waals surface area contributed by atoms with Gasteiger partial charge in [0, 0.05) is 6.07 Å². The molecule has 0 fully saturated rings. The van der Waals surface area contributed by atoms with Crippen molar-refractivity contribution in [1.29, 1.82) is 0 Å². The van der Waals surface area contributed by atoms with Gasteiger partial charge < -0.3 is 9.47 Å². The summed E-state index contributed by atoms with van der Waals surface area (Å²) in [5.41, 5.74) is 0. The van der Waals surface area contributed by atoms with E-state index in [9.17, 15) is 21.6 Å². The Morgan fingerprint density at radius 3 is 2.26 bits per heavy atom. The van der Waals surface area contributed by atoms with Gasteiger partial charge in [0.25, 0.3) is 0 Å². The van der Waals surface area contributed by atoms with Gasteiger partial charge in [-0.3, -0.25) is 4.18 Å². The van der Waals surface area contributed by atoms with Crippen LogP contribution in [0.1, 0.15) is 0 Å². The molecule has 0 saturated heterocycles. The third kappa shape index (κ3) is 4.28. The average Bonchev–Trinajstić information content (AvgIpc) is 2.35. The molecule has 1 aromatic rings. The topological polar surface area (TPSA) is 61.8 Å². The molecule has 0 heterocycles. The first-order valence-corrected chi connectivity index (χ1v) is 6.28. The summed E-state index contributed by atoms with van der Waals surface area (Å²) in [5.74, 6) is 0.0120. The molecule has 0 atom stereocenters. The fourth-order valence-corrected chi connectivity index (χ4v) is 2.26. The number of hydrogen-bond acceptors (Lipinski definition) is 5. The second-order valence-corrected chi connectivity index (χ2v) is 4.93. The molecule has 0 bridgehead atoms. The standard InChI is InChI=1S/C10H11F3O5S/c1-16-7-3-4-8(17-2)9(5-7)19(14,15)18-6-10(11,12)13/h3-5H,6H2,1-2H3. The zero-order valence-corrected chi connectivity index (χ0v) is 10.8. The highest BCUT2D eigenvalue weighted by molar-refractivity contribution is 7.86. The van der Waals surface area contributed by atoms with Crippen molar-refractivity contribution in [3.8, 4) is 11.5 Å². The molecule has 19 heavy (non-hydrogen) atoms. The molecular formula is C10H11F3O5S. The van der Waals surface area contributed by atoms with Crippen LogP contribution in [0.2, 0.25) is 0 Å². The van der Waals surface area contributed by atoms with E-state index < -0.39 is 27.8 Å². The van der Waals surface area contributed by atoms with E-state index in [1.54, 1.807) is 0 Å². The zero-order chi connectivity index (χ0) is 14.7. The lowest BCUT2D eigenvalue weighted by molar-refractivity contribution is -0.152. The Morgan fingerprint density at radius 2 is 1.79 bits per heavy atom. The maximum absolute atomic E-state index is 12.0. The van der Waals surface area contributed by atoms with Crippen LogP contribution in [0.15, 0.2) is 23.1 Å². The average molecular weight is 300 g/mol. The Balaban J connectivity index is 3.12. The van der Waals surface area contributed by atoms with Crippen molar-refractivity contribution < 1.29 is 35.2 Å². The van der Waals surface area contributed by atoms with Crippen molar-refractivity contribution in [2.75, 3.05) is 20.8 Å². The maximum atomic E-state index is 12.0. The Bertz CT molecular complexity index is 539. The lowest BCUT2D eigenvalue weighted by Crippen LogP contribution is -2.21. The second kappa shape index (κ2) is 5.66. The molecule has 0 aliphatic heterocycles. The highest BCUT2D eigenvalue weighted by Crippen LogP contribution is 2.30. The smallest absolute Gasteiger partial charge is 0.413 e. The second-order valence-electron chi connectivity index (χ2n) is 3.35. The van der Waals surface area contributed by atoms with Gasteiger partial charge in [0.1, 0.15) is 16.4 Å². The van der Waals surface area contributed by atoms with Gasteiger partial charge >= 0.3 is 16.3 Å². The molecule has 0 aliphatic rings. The van der Waals surface area contributed by atoms with E-state index in [1.807, 2.05) is 0 Å². The van der Waals surface area contributed by atoms with E-state index in [1.165, 1.54) is 26.4 Å². The summed E-state index contributed by atoms with van der Waals surface area (Å²) in [4.78, 5) is -0.529. The fourth-order valence-electron chi connectivity index (χ4n) is 1.19. The van der Waals surface area contributed by atoms with Crippen LogP contribution in [-0.4, -0.2) is 35.4 Å². The lowest BCUT2D eigenvalue weighted by Gasteiger charge is -2.12. The van der Waals surface area contributed by atoms with Crippen molar-refractivity contribution in [3.05, 3.63) is 18.2 Å². The zero-order valence-electron chi connectivity index (χ0n) is 10.0. The highest BCUT2D eigenvalue weighted by atomic mass is 32.2. The van der Waals surface area contributed by atoms with Crippen LogP contribution < -0.4 is 9.47 Å². The molecule has 0 amide bonds. The van der Waals surface area contributed by atoms with E-state index in [0.717, 1.165) is 6.07 Å². The minimum absolute atomic E-state index is 0.136. The van der Waals surface area contributed by atoms with Crippen molar-refractivity contribution in [1.82, 2.24) is 0 Å². The van der Waals surface area contributed by atoms with Crippen LogP contribution in [0.5, 0.6) is 11.5 Å². The molecule has 5 nitrogen and oxygen atoms in total. The molecule has 0 saturated carbocycles. The van der Waals surface area contributed by atoms with Crippen molar-refractivity contribution >= 4 is 10.1 Å². The third-order valence-electron chi connectivity index (χ3n) is 2.02. The summed E-state index contributed by atoms with van der Waals surface area (Å²) in [5, 5.41) is 0. The van der Waals surface area contributed by atoms with Crippen LogP contribution in [0, 0.1) is 0 Å². The molecule has 9 heteroatoms. The molecule has 0 aromatic heterocycles.